The van der Waals surface area contributed by atoms with Crippen molar-refractivity contribution in [2.24, 2.45) is 5.92 Å². The maximum Gasteiger partial charge on any atom is 0.264 e. The lowest BCUT2D eigenvalue weighted by Gasteiger charge is -1.98. The van der Waals surface area contributed by atoms with Crippen LogP contribution in [-0.4, -0.2) is 21.3 Å². The van der Waals surface area contributed by atoms with Gasteiger partial charge < -0.3 is 0 Å². The monoisotopic (exact) mass is 178 g/mol. The fourth-order valence-electron chi connectivity index (χ4n) is 0.989. The van der Waals surface area contributed by atoms with Gasteiger partial charge in [-0.2, -0.15) is 8.42 Å². The van der Waals surface area contributed by atoms with Crippen LogP contribution in [0.5, 0.6) is 0 Å². The van der Waals surface area contributed by atoms with Gasteiger partial charge in [-0.25, -0.2) is 0 Å². The highest BCUT2D eigenvalue weighted by molar-refractivity contribution is 7.85. The molecule has 1 rings (SSSR count). The van der Waals surface area contributed by atoms with Gasteiger partial charge in [-0.3, -0.25) is 4.18 Å². The van der Waals surface area contributed by atoms with Gasteiger partial charge in [-0.1, -0.05) is 12.8 Å². The van der Waals surface area contributed by atoms with Crippen LogP contribution in [0.1, 0.15) is 25.7 Å². The molecule has 0 saturated heterocycles. The summed E-state index contributed by atoms with van der Waals surface area (Å²) in [4.78, 5) is 0. The Labute approximate surface area is 67.9 Å². The molecule has 66 valence electrons. The van der Waals surface area contributed by atoms with Gasteiger partial charge in [-0.15, -0.1) is 0 Å². The Hall–Kier alpha value is -0.0900. The summed E-state index contributed by atoms with van der Waals surface area (Å²) in [6.07, 6.45) is 5.72. The largest absolute Gasteiger partial charge is 0.270 e. The molecule has 0 spiro atoms. The maximum atomic E-state index is 10.5. The zero-order chi connectivity index (χ0) is 8.32. The minimum absolute atomic E-state index is 0.356. The number of rotatable bonds is 5. The van der Waals surface area contributed by atoms with E-state index < -0.39 is 10.1 Å². The molecule has 0 aliphatic heterocycles. The van der Waals surface area contributed by atoms with Crippen molar-refractivity contribution in [2.45, 2.75) is 25.7 Å². The van der Waals surface area contributed by atoms with Crippen LogP contribution in [0, 0.1) is 5.92 Å². The molecule has 1 fully saturated rings. The van der Waals surface area contributed by atoms with E-state index in [1.807, 2.05) is 0 Å². The van der Waals surface area contributed by atoms with E-state index in [0.717, 1.165) is 25.0 Å². The van der Waals surface area contributed by atoms with Gasteiger partial charge >= 0.3 is 0 Å². The van der Waals surface area contributed by atoms with E-state index >= 15 is 0 Å². The predicted molar refractivity (Wildman–Crippen MR) is 42.8 cm³/mol. The van der Waals surface area contributed by atoms with E-state index in [0.29, 0.717) is 6.61 Å². The summed E-state index contributed by atoms with van der Waals surface area (Å²) in [5, 5.41) is 0. The third-order valence-electron chi connectivity index (χ3n) is 1.75. The fourth-order valence-corrected chi connectivity index (χ4v) is 1.41. The van der Waals surface area contributed by atoms with Crippen molar-refractivity contribution in [3.8, 4) is 0 Å². The first-order valence-electron chi connectivity index (χ1n) is 3.92. The Kier molecular flexibility index (Phi) is 2.90. The molecule has 0 aromatic rings. The molecular weight excluding hydrogens is 164 g/mol. The van der Waals surface area contributed by atoms with E-state index in [4.69, 9.17) is 0 Å². The zero-order valence-corrected chi connectivity index (χ0v) is 7.56. The summed E-state index contributed by atoms with van der Waals surface area (Å²) in [5.74, 6) is 0.859. The Morgan fingerprint density at radius 1 is 1.45 bits per heavy atom. The Bertz CT molecular complexity index is 204. The van der Waals surface area contributed by atoms with Crippen LogP contribution in [0.4, 0.5) is 0 Å². The molecule has 0 heterocycles. The van der Waals surface area contributed by atoms with Crippen molar-refractivity contribution in [2.75, 3.05) is 12.9 Å². The van der Waals surface area contributed by atoms with Gasteiger partial charge in [0, 0.05) is 0 Å². The molecule has 1 aliphatic rings. The summed E-state index contributed by atoms with van der Waals surface area (Å²) in [6, 6.07) is 0. The van der Waals surface area contributed by atoms with Gasteiger partial charge in [0.05, 0.1) is 12.9 Å². The van der Waals surface area contributed by atoms with Crippen LogP contribution in [0.15, 0.2) is 0 Å². The van der Waals surface area contributed by atoms with Gasteiger partial charge in [0.2, 0.25) is 0 Å². The first-order valence-corrected chi connectivity index (χ1v) is 5.74. The molecule has 0 bridgehead atoms. The van der Waals surface area contributed by atoms with E-state index in [1.165, 1.54) is 12.8 Å². The van der Waals surface area contributed by atoms with Crippen molar-refractivity contribution in [1.82, 2.24) is 0 Å². The van der Waals surface area contributed by atoms with E-state index in [2.05, 4.69) is 4.18 Å². The average molecular weight is 178 g/mol. The van der Waals surface area contributed by atoms with Gasteiger partial charge in [0.15, 0.2) is 0 Å². The smallest absolute Gasteiger partial charge is 0.264 e. The SMILES string of the molecule is CS(=O)(=O)OCCCC1CC1. The van der Waals surface area contributed by atoms with Gasteiger partial charge in [-0.05, 0) is 18.8 Å². The highest BCUT2D eigenvalue weighted by Gasteiger charge is 2.20. The van der Waals surface area contributed by atoms with Crippen LogP contribution in [0.3, 0.4) is 0 Å². The average Bonchev–Trinajstić information content (AvgIpc) is 2.60. The van der Waals surface area contributed by atoms with Crippen molar-refractivity contribution < 1.29 is 12.6 Å². The van der Waals surface area contributed by atoms with E-state index in [-0.39, 0.29) is 0 Å². The normalized spacial score (nSPS) is 18.6. The summed E-state index contributed by atoms with van der Waals surface area (Å²) >= 11 is 0. The molecule has 11 heavy (non-hydrogen) atoms. The minimum atomic E-state index is -3.20. The molecule has 0 amide bonds. The molecule has 3 nitrogen and oxygen atoms in total. The Morgan fingerprint density at radius 3 is 2.55 bits per heavy atom. The summed E-state index contributed by atoms with van der Waals surface area (Å²) < 4.78 is 25.5. The second-order valence-electron chi connectivity index (χ2n) is 3.11. The van der Waals surface area contributed by atoms with Crippen molar-refractivity contribution in [3.05, 3.63) is 0 Å². The molecule has 0 radical (unpaired) electrons. The molecule has 0 unspecified atom stereocenters. The first kappa shape index (κ1) is 9.00. The highest BCUT2D eigenvalue weighted by atomic mass is 32.2. The van der Waals surface area contributed by atoms with E-state index in [1.54, 1.807) is 0 Å². The molecule has 1 aliphatic carbocycles. The molecule has 0 aromatic carbocycles. The van der Waals surface area contributed by atoms with Crippen LogP contribution >= 0.6 is 0 Å². The quantitative estimate of drug-likeness (QED) is 0.468. The maximum absolute atomic E-state index is 10.5. The second-order valence-corrected chi connectivity index (χ2v) is 4.76. The standard InChI is InChI=1S/C7H14O3S/c1-11(8,9)10-6-2-3-7-4-5-7/h7H,2-6H2,1H3. The lowest BCUT2D eigenvalue weighted by Crippen LogP contribution is -2.03. The summed E-state index contributed by atoms with van der Waals surface area (Å²) in [6.45, 7) is 0.356. The van der Waals surface area contributed by atoms with Crippen LogP contribution in [0.25, 0.3) is 0 Å². The minimum Gasteiger partial charge on any atom is -0.270 e. The van der Waals surface area contributed by atoms with E-state index in [9.17, 15) is 8.42 Å². The predicted octanol–water partition coefficient (Wildman–Crippen LogP) is 1.15. The van der Waals surface area contributed by atoms with Crippen molar-refractivity contribution in [3.63, 3.8) is 0 Å². The molecule has 0 atom stereocenters. The molecule has 1 saturated carbocycles. The van der Waals surface area contributed by atoms with Crippen LogP contribution in [0.2, 0.25) is 0 Å². The van der Waals surface area contributed by atoms with Crippen LogP contribution < -0.4 is 0 Å². The fraction of sp³-hybridized carbons (Fsp3) is 1.00. The topological polar surface area (TPSA) is 43.4 Å². The molecule has 4 heteroatoms. The first-order chi connectivity index (χ1) is 5.08. The second kappa shape index (κ2) is 3.54. The number of hydrogen-bond acceptors (Lipinski definition) is 3. The van der Waals surface area contributed by atoms with Crippen molar-refractivity contribution in [1.29, 1.82) is 0 Å². The summed E-state index contributed by atoms with van der Waals surface area (Å²) in [7, 11) is -3.20. The third kappa shape index (κ3) is 5.21. The van der Waals surface area contributed by atoms with Gasteiger partial charge in [0.1, 0.15) is 0 Å². The highest BCUT2D eigenvalue weighted by Crippen LogP contribution is 2.33. The molecule has 0 aromatic heterocycles. The Balaban J connectivity index is 1.95. The third-order valence-corrected chi connectivity index (χ3v) is 2.35. The number of hydrogen-bond donors (Lipinski definition) is 0. The zero-order valence-electron chi connectivity index (χ0n) is 6.75. The summed E-state index contributed by atoms with van der Waals surface area (Å²) in [5.41, 5.74) is 0. The van der Waals surface area contributed by atoms with Gasteiger partial charge in [0.25, 0.3) is 10.1 Å². The molecule has 0 N–H and O–H groups in total. The lowest BCUT2D eigenvalue weighted by molar-refractivity contribution is 0.309. The lowest BCUT2D eigenvalue weighted by atomic mass is 10.2. The Morgan fingerprint density at radius 2 is 2.09 bits per heavy atom. The van der Waals surface area contributed by atoms with Crippen molar-refractivity contribution >= 4 is 10.1 Å². The van der Waals surface area contributed by atoms with Crippen LogP contribution in [-0.2, 0) is 14.3 Å². The molecular formula is C7H14O3S.